The van der Waals surface area contributed by atoms with Crippen molar-refractivity contribution < 1.29 is 19.4 Å². The van der Waals surface area contributed by atoms with E-state index >= 15 is 0 Å². The molecule has 3 rings (SSSR count). The summed E-state index contributed by atoms with van der Waals surface area (Å²) in [6.07, 6.45) is 1.54. The van der Waals surface area contributed by atoms with Crippen LogP contribution in [0.2, 0.25) is 0 Å². The summed E-state index contributed by atoms with van der Waals surface area (Å²) in [6, 6.07) is 7.53. The van der Waals surface area contributed by atoms with Gasteiger partial charge in [-0.2, -0.15) is 0 Å². The number of carbonyl (C=O) groups is 2. The third-order valence-electron chi connectivity index (χ3n) is 3.81. The van der Waals surface area contributed by atoms with Crippen molar-refractivity contribution in [1.82, 2.24) is 5.32 Å². The summed E-state index contributed by atoms with van der Waals surface area (Å²) in [5.74, 6) is -0.567. The van der Waals surface area contributed by atoms with E-state index in [2.05, 4.69) is 5.32 Å². The zero-order valence-corrected chi connectivity index (χ0v) is 10.4. The van der Waals surface area contributed by atoms with Crippen molar-refractivity contribution in [1.29, 1.82) is 0 Å². The highest BCUT2D eigenvalue weighted by atomic mass is 16.5. The van der Waals surface area contributed by atoms with Crippen LogP contribution in [-0.2, 0) is 16.0 Å². The van der Waals surface area contributed by atoms with Gasteiger partial charge < -0.3 is 15.2 Å². The molecule has 1 amide bonds. The molecule has 0 unspecified atom stereocenters. The summed E-state index contributed by atoms with van der Waals surface area (Å²) in [5, 5.41) is 11.9. The third-order valence-corrected chi connectivity index (χ3v) is 3.81. The molecule has 1 fully saturated rings. The molecule has 0 spiro atoms. The second-order valence-corrected chi connectivity index (χ2v) is 5.18. The van der Waals surface area contributed by atoms with Crippen molar-refractivity contribution in [3.8, 4) is 5.75 Å². The number of carbonyl (C=O) groups excluding carboxylic acids is 1. The minimum absolute atomic E-state index is 0.153. The molecule has 1 heterocycles. The van der Waals surface area contributed by atoms with Gasteiger partial charge in [0, 0.05) is 0 Å². The van der Waals surface area contributed by atoms with Crippen molar-refractivity contribution in [2.45, 2.75) is 25.3 Å². The molecule has 0 radical (unpaired) electrons. The van der Waals surface area contributed by atoms with Crippen molar-refractivity contribution in [2.75, 3.05) is 6.61 Å². The first-order valence-electron chi connectivity index (χ1n) is 6.37. The Bertz CT molecular complexity index is 536. The monoisotopic (exact) mass is 261 g/mol. The maximum absolute atomic E-state index is 12.0. The first-order valence-corrected chi connectivity index (χ1v) is 6.37. The highest BCUT2D eigenvalue weighted by Crippen LogP contribution is 2.46. The average molecular weight is 261 g/mol. The molecule has 2 N–H and O–H groups in total. The standard InChI is InChI=1S/C14H15NO4/c16-12(14(5-6-14)13(17)18)15-10-7-9-3-1-2-4-11(9)19-8-10/h1-4,10H,5-8H2,(H,15,16)(H,17,18)/t10-/m1/s1. The summed E-state index contributed by atoms with van der Waals surface area (Å²) >= 11 is 0. The normalized spacial score (nSPS) is 22.8. The molecule has 5 heteroatoms. The molecule has 1 atom stereocenters. The van der Waals surface area contributed by atoms with Crippen LogP contribution in [-0.4, -0.2) is 29.6 Å². The summed E-state index contributed by atoms with van der Waals surface area (Å²) in [4.78, 5) is 23.1. The van der Waals surface area contributed by atoms with E-state index in [0.29, 0.717) is 25.9 Å². The Morgan fingerprint density at radius 1 is 1.32 bits per heavy atom. The topological polar surface area (TPSA) is 75.6 Å². The molecular weight excluding hydrogens is 246 g/mol. The second kappa shape index (κ2) is 4.26. The van der Waals surface area contributed by atoms with Crippen molar-refractivity contribution >= 4 is 11.9 Å². The van der Waals surface area contributed by atoms with E-state index in [0.717, 1.165) is 11.3 Å². The van der Waals surface area contributed by atoms with Gasteiger partial charge in [0.05, 0.1) is 6.04 Å². The highest BCUT2D eigenvalue weighted by Gasteiger charge is 2.57. The number of carboxylic acids is 1. The fraction of sp³-hybridized carbons (Fsp3) is 0.429. The smallest absolute Gasteiger partial charge is 0.319 e. The molecule has 0 bridgehead atoms. The van der Waals surface area contributed by atoms with Gasteiger partial charge in [0.25, 0.3) is 0 Å². The summed E-state index contributed by atoms with van der Waals surface area (Å²) in [7, 11) is 0. The van der Waals surface area contributed by atoms with Crippen LogP contribution >= 0.6 is 0 Å². The van der Waals surface area contributed by atoms with Gasteiger partial charge in [-0.05, 0) is 30.9 Å². The zero-order chi connectivity index (χ0) is 13.5. The Hall–Kier alpha value is -2.04. The van der Waals surface area contributed by atoms with E-state index < -0.39 is 11.4 Å². The van der Waals surface area contributed by atoms with Crippen molar-refractivity contribution in [3.05, 3.63) is 29.8 Å². The van der Waals surface area contributed by atoms with E-state index in [1.807, 2.05) is 24.3 Å². The minimum Gasteiger partial charge on any atom is -0.491 e. The number of rotatable bonds is 3. The van der Waals surface area contributed by atoms with Crippen LogP contribution in [0, 0.1) is 5.41 Å². The van der Waals surface area contributed by atoms with E-state index in [1.165, 1.54) is 0 Å². The number of carboxylic acid groups (broad SMARTS) is 1. The summed E-state index contributed by atoms with van der Waals surface area (Å²) in [6.45, 7) is 0.387. The number of nitrogens with one attached hydrogen (secondary N) is 1. The molecular formula is C14H15NO4. The zero-order valence-electron chi connectivity index (χ0n) is 10.4. The minimum atomic E-state index is -1.18. The number of benzene rings is 1. The van der Waals surface area contributed by atoms with Crippen LogP contribution < -0.4 is 10.1 Å². The van der Waals surface area contributed by atoms with Gasteiger partial charge in [0.1, 0.15) is 17.8 Å². The summed E-state index contributed by atoms with van der Waals surface area (Å²) in [5.41, 5.74) is -0.143. The SMILES string of the molecule is O=C(O)C1(C(=O)N[C@H]2COc3ccccc3C2)CC1. The molecule has 1 aliphatic heterocycles. The molecule has 1 aromatic carbocycles. The second-order valence-electron chi connectivity index (χ2n) is 5.18. The van der Waals surface area contributed by atoms with Crippen molar-refractivity contribution in [3.63, 3.8) is 0 Å². The number of aliphatic carboxylic acids is 1. The molecule has 2 aliphatic rings. The van der Waals surface area contributed by atoms with Gasteiger partial charge in [-0.25, -0.2) is 0 Å². The number of ether oxygens (including phenoxy) is 1. The van der Waals surface area contributed by atoms with Gasteiger partial charge in [0.15, 0.2) is 0 Å². The predicted molar refractivity (Wildman–Crippen MR) is 66.9 cm³/mol. The fourth-order valence-corrected chi connectivity index (χ4v) is 2.41. The first-order chi connectivity index (χ1) is 9.12. The molecule has 1 aromatic rings. The predicted octanol–water partition coefficient (Wildman–Crippen LogP) is 0.971. The van der Waals surface area contributed by atoms with Gasteiger partial charge in [0.2, 0.25) is 5.91 Å². The van der Waals surface area contributed by atoms with Gasteiger partial charge in [-0.1, -0.05) is 18.2 Å². The number of para-hydroxylation sites is 1. The molecule has 1 aliphatic carbocycles. The Balaban J connectivity index is 1.67. The average Bonchev–Trinajstić information content (AvgIpc) is 3.20. The van der Waals surface area contributed by atoms with E-state index in [4.69, 9.17) is 9.84 Å². The summed E-state index contributed by atoms with van der Waals surface area (Å²) < 4.78 is 5.57. The maximum Gasteiger partial charge on any atom is 0.319 e. The number of fused-ring (bicyclic) bond motifs is 1. The van der Waals surface area contributed by atoms with Crippen LogP contribution in [0.4, 0.5) is 0 Å². The Kier molecular flexibility index (Phi) is 2.69. The Morgan fingerprint density at radius 3 is 2.74 bits per heavy atom. The fourth-order valence-electron chi connectivity index (χ4n) is 2.41. The third kappa shape index (κ3) is 2.05. The lowest BCUT2D eigenvalue weighted by molar-refractivity contribution is -0.149. The van der Waals surface area contributed by atoms with Crippen LogP contribution in [0.15, 0.2) is 24.3 Å². The van der Waals surface area contributed by atoms with Crippen LogP contribution in [0.3, 0.4) is 0 Å². The largest absolute Gasteiger partial charge is 0.491 e. The number of hydrogen-bond donors (Lipinski definition) is 2. The molecule has 0 saturated heterocycles. The maximum atomic E-state index is 12.0. The van der Waals surface area contributed by atoms with Gasteiger partial charge in [-0.15, -0.1) is 0 Å². The van der Waals surface area contributed by atoms with Crippen LogP contribution in [0.1, 0.15) is 18.4 Å². The van der Waals surface area contributed by atoms with Gasteiger partial charge >= 0.3 is 5.97 Å². The van der Waals surface area contributed by atoms with E-state index in [9.17, 15) is 9.59 Å². The van der Waals surface area contributed by atoms with Crippen molar-refractivity contribution in [2.24, 2.45) is 5.41 Å². The molecule has 19 heavy (non-hydrogen) atoms. The Morgan fingerprint density at radius 2 is 2.05 bits per heavy atom. The molecule has 5 nitrogen and oxygen atoms in total. The van der Waals surface area contributed by atoms with Crippen LogP contribution in [0.25, 0.3) is 0 Å². The van der Waals surface area contributed by atoms with E-state index in [1.54, 1.807) is 0 Å². The van der Waals surface area contributed by atoms with Gasteiger partial charge in [-0.3, -0.25) is 9.59 Å². The Labute approximate surface area is 110 Å². The molecule has 1 saturated carbocycles. The van der Waals surface area contributed by atoms with E-state index in [-0.39, 0.29) is 11.9 Å². The molecule has 100 valence electrons. The highest BCUT2D eigenvalue weighted by molar-refractivity contribution is 6.04. The molecule has 0 aromatic heterocycles. The first kappa shape index (κ1) is 12.0. The number of amides is 1. The lowest BCUT2D eigenvalue weighted by Gasteiger charge is -2.27. The lowest BCUT2D eigenvalue weighted by atomic mass is 10.0. The quantitative estimate of drug-likeness (QED) is 0.795. The van der Waals surface area contributed by atoms with Crippen LogP contribution in [0.5, 0.6) is 5.75 Å². The lowest BCUT2D eigenvalue weighted by Crippen LogP contribution is -2.47. The number of hydrogen-bond acceptors (Lipinski definition) is 3.